The molecule has 0 bridgehead atoms. The van der Waals surface area contributed by atoms with Crippen LogP contribution in [0.2, 0.25) is 0 Å². The number of halogens is 1. The third kappa shape index (κ3) is 7.60. The van der Waals surface area contributed by atoms with E-state index in [2.05, 4.69) is 53.4 Å². The van der Waals surface area contributed by atoms with Crippen molar-refractivity contribution in [2.45, 2.75) is 59.9 Å². The van der Waals surface area contributed by atoms with Gasteiger partial charge >= 0.3 is 0 Å². The summed E-state index contributed by atoms with van der Waals surface area (Å²) >= 11 is 0. The highest BCUT2D eigenvalue weighted by atomic mass is 127. The summed E-state index contributed by atoms with van der Waals surface area (Å²) in [6.45, 7) is 14.2. The monoisotopic (exact) mass is 491 g/mol. The molecule has 2 atom stereocenters. The smallest absolute Gasteiger partial charge is 0.191 e. The van der Waals surface area contributed by atoms with Crippen LogP contribution in [0.15, 0.2) is 9.52 Å². The molecule has 1 saturated heterocycles. The fraction of sp³-hybridized carbons (Fsp3) is 0.800. The average Bonchev–Trinajstić information content (AvgIpc) is 3.02. The van der Waals surface area contributed by atoms with Gasteiger partial charge in [0.2, 0.25) is 0 Å². The number of hydrogen-bond acceptors (Lipinski definition) is 4. The van der Waals surface area contributed by atoms with Gasteiger partial charge in [0.15, 0.2) is 5.96 Å². The van der Waals surface area contributed by atoms with Crippen molar-refractivity contribution in [3.05, 3.63) is 17.0 Å². The summed E-state index contributed by atoms with van der Waals surface area (Å²) in [5, 5.41) is 11.0. The Labute approximate surface area is 181 Å². The molecule has 0 spiro atoms. The molecule has 2 unspecified atom stereocenters. The normalized spacial score (nSPS) is 21.0. The van der Waals surface area contributed by atoms with Gasteiger partial charge in [-0.25, -0.2) is 0 Å². The van der Waals surface area contributed by atoms with Crippen molar-refractivity contribution >= 4 is 29.9 Å². The van der Waals surface area contributed by atoms with Gasteiger partial charge in [0.05, 0.1) is 5.69 Å². The van der Waals surface area contributed by atoms with Crippen LogP contribution in [0.4, 0.5) is 0 Å². The summed E-state index contributed by atoms with van der Waals surface area (Å²) in [6.07, 6.45) is 4.25. The van der Waals surface area contributed by atoms with Crippen LogP contribution >= 0.6 is 24.0 Å². The first-order chi connectivity index (χ1) is 12.6. The van der Waals surface area contributed by atoms with E-state index in [4.69, 9.17) is 4.52 Å². The zero-order chi connectivity index (χ0) is 18.9. The van der Waals surface area contributed by atoms with Crippen molar-refractivity contribution in [1.29, 1.82) is 0 Å². The van der Waals surface area contributed by atoms with Gasteiger partial charge in [-0.05, 0) is 37.6 Å². The van der Waals surface area contributed by atoms with E-state index in [1.807, 2.05) is 7.05 Å². The fourth-order valence-electron chi connectivity index (χ4n) is 4.01. The second-order valence-electron chi connectivity index (χ2n) is 7.65. The molecule has 1 fully saturated rings. The highest BCUT2D eigenvalue weighted by Gasteiger charge is 2.21. The maximum Gasteiger partial charge on any atom is 0.191 e. The van der Waals surface area contributed by atoms with Crippen LogP contribution in [-0.2, 0) is 19.4 Å². The van der Waals surface area contributed by atoms with E-state index >= 15 is 0 Å². The molecule has 0 amide bonds. The van der Waals surface area contributed by atoms with E-state index in [1.165, 1.54) is 25.1 Å². The van der Waals surface area contributed by atoms with Gasteiger partial charge in [0.1, 0.15) is 5.76 Å². The molecule has 2 N–H and O–H groups in total. The van der Waals surface area contributed by atoms with Crippen molar-refractivity contribution in [3.63, 3.8) is 0 Å². The Bertz CT molecular complexity index is 543. The van der Waals surface area contributed by atoms with Gasteiger partial charge in [0, 0.05) is 45.2 Å². The fourth-order valence-corrected chi connectivity index (χ4v) is 4.01. The van der Waals surface area contributed by atoms with Crippen molar-refractivity contribution in [3.8, 4) is 0 Å². The summed E-state index contributed by atoms with van der Waals surface area (Å²) in [4.78, 5) is 6.94. The van der Waals surface area contributed by atoms with E-state index in [1.54, 1.807) is 0 Å². The molecule has 2 rings (SSSR count). The molecule has 27 heavy (non-hydrogen) atoms. The van der Waals surface area contributed by atoms with Crippen LogP contribution < -0.4 is 10.6 Å². The van der Waals surface area contributed by atoms with Crippen molar-refractivity contribution < 1.29 is 4.52 Å². The Morgan fingerprint density at radius 3 is 2.48 bits per heavy atom. The highest BCUT2D eigenvalue weighted by molar-refractivity contribution is 14.0. The van der Waals surface area contributed by atoms with Gasteiger partial charge in [0.25, 0.3) is 0 Å². The average molecular weight is 491 g/mol. The Hall–Kier alpha value is -0.830. The van der Waals surface area contributed by atoms with Crippen LogP contribution in [0.5, 0.6) is 0 Å². The van der Waals surface area contributed by atoms with Crippen molar-refractivity contribution in [2.24, 2.45) is 16.8 Å². The molecule has 156 valence electrons. The highest BCUT2D eigenvalue weighted by Crippen LogP contribution is 2.20. The number of nitrogens with one attached hydrogen (secondary N) is 2. The van der Waals surface area contributed by atoms with Gasteiger partial charge in [-0.3, -0.25) is 4.99 Å². The SMILES string of the molecule is CCc1noc(CC)c1CNC(=NC)NCCCN1CC(C)CC(C)C1.I. The van der Waals surface area contributed by atoms with Crippen LogP contribution in [0, 0.1) is 11.8 Å². The molecule has 0 radical (unpaired) electrons. The minimum Gasteiger partial charge on any atom is -0.361 e. The molecule has 1 aromatic rings. The summed E-state index contributed by atoms with van der Waals surface area (Å²) in [6, 6.07) is 0. The second-order valence-corrected chi connectivity index (χ2v) is 7.65. The minimum absolute atomic E-state index is 0. The largest absolute Gasteiger partial charge is 0.361 e. The van der Waals surface area contributed by atoms with Gasteiger partial charge in [-0.1, -0.05) is 32.9 Å². The minimum atomic E-state index is 0. The molecule has 1 aromatic heterocycles. The molecule has 2 heterocycles. The maximum absolute atomic E-state index is 5.43. The topological polar surface area (TPSA) is 65.7 Å². The third-order valence-corrected chi connectivity index (χ3v) is 5.15. The zero-order valence-corrected chi connectivity index (χ0v) is 20.0. The standard InChI is InChI=1S/C20H37N5O.HI/c1-6-18-17(19(7-2)26-24-18)12-23-20(21-5)22-9-8-10-25-13-15(3)11-16(4)14-25;/h15-16H,6-14H2,1-5H3,(H2,21,22,23);1H. The number of guanidine groups is 1. The molecular weight excluding hydrogens is 453 g/mol. The lowest BCUT2D eigenvalue weighted by molar-refractivity contribution is 0.140. The number of nitrogens with zero attached hydrogens (tertiary/aromatic N) is 3. The molecule has 1 aliphatic rings. The van der Waals surface area contributed by atoms with Gasteiger partial charge in [-0.2, -0.15) is 0 Å². The second kappa shape index (κ2) is 12.6. The summed E-state index contributed by atoms with van der Waals surface area (Å²) in [5.41, 5.74) is 2.22. The Kier molecular flexibility index (Phi) is 11.3. The Morgan fingerprint density at radius 1 is 1.19 bits per heavy atom. The predicted octanol–water partition coefficient (Wildman–Crippen LogP) is 3.45. The molecule has 1 aliphatic heterocycles. The van der Waals surface area contributed by atoms with E-state index in [0.717, 1.165) is 61.6 Å². The van der Waals surface area contributed by atoms with Gasteiger partial charge in [-0.15, -0.1) is 24.0 Å². The lowest BCUT2D eigenvalue weighted by Crippen LogP contribution is -2.41. The first-order valence-corrected chi connectivity index (χ1v) is 10.2. The van der Waals surface area contributed by atoms with Crippen LogP contribution in [-0.4, -0.2) is 49.2 Å². The number of aromatic nitrogens is 1. The number of hydrogen-bond donors (Lipinski definition) is 2. The van der Waals surface area contributed by atoms with Crippen molar-refractivity contribution in [2.75, 3.05) is 33.2 Å². The van der Waals surface area contributed by atoms with Crippen molar-refractivity contribution in [1.82, 2.24) is 20.7 Å². The molecule has 7 heteroatoms. The van der Waals surface area contributed by atoms with E-state index < -0.39 is 0 Å². The molecule has 0 saturated carbocycles. The Balaban J connectivity index is 0.00000364. The molecule has 6 nitrogen and oxygen atoms in total. The number of aliphatic imine (C=N–C) groups is 1. The molecular formula is C20H38IN5O. The predicted molar refractivity (Wildman–Crippen MR) is 123 cm³/mol. The Morgan fingerprint density at radius 2 is 1.89 bits per heavy atom. The number of aryl methyl sites for hydroxylation is 2. The third-order valence-electron chi connectivity index (χ3n) is 5.15. The van der Waals surface area contributed by atoms with Crippen LogP contribution in [0.25, 0.3) is 0 Å². The maximum atomic E-state index is 5.43. The summed E-state index contributed by atoms with van der Waals surface area (Å²) in [5.74, 6) is 3.46. The van der Waals surface area contributed by atoms with E-state index in [-0.39, 0.29) is 24.0 Å². The van der Waals surface area contributed by atoms with Crippen LogP contribution in [0.1, 0.15) is 57.6 Å². The summed E-state index contributed by atoms with van der Waals surface area (Å²) < 4.78 is 5.43. The van der Waals surface area contributed by atoms with Crippen LogP contribution in [0.3, 0.4) is 0 Å². The lowest BCUT2D eigenvalue weighted by Gasteiger charge is -2.35. The molecule has 0 aliphatic carbocycles. The number of likely N-dealkylation sites (tertiary alicyclic amines) is 1. The number of piperidine rings is 1. The van der Waals surface area contributed by atoms with Gasteiger partial charge < -0.3 is 20.1 Å². The number of rotatable bonds is 8. The molecule has 0 aromatic carbocycles. The van der Waals surface area contributed by atoms with E-state index in [0.29, 0.717) is 6.54 Å². The van der Waals surface area contributed by atoms with E-state index in [9.17, 15) is 0 Å². The quantitative estimate of drug-likeness (QED) is 0.253. The summed E-state index contributed by atoms with van der Waals surface area (Å²) in [7, 11) is 1.82. The lowest BCUT2D eigenvalue weighted by atomic mass is 9.92. The zero-order valence-electron chi connectivity index (χ0n) is 17.7. The first kappa shape index (κ1) is 24.2. The first-order valence-electron chi connectivity index (χ1n) is 10.2.